The van der Waals surface area contributed by atoms with Gasteiger partial charge < -0.3 is 15.5 Å². The van der Waals surface area contributed by atoms with Crippen molar-refractivity contribution < 1.29 is 0 Å². The van der Waals surface area contributed by atoms with E-state index in [0.717, 1.165) is 49.9 Å². The Hall–Kier alpha value is -3.06. The number of nitrogens with zero attached hydrogens (tertiary/aromatic N) is 5. The van der Waals surface area contributed by atoms with Gasteiger partial charge in [-0.05, 0) is 31.0 Å². The third-order valence-electron chi connectivity index (χ3n) is 5.21. The molecule has 0 spiro atoms. The Labute approximate surface area is 188 Å². The van der Waals surface area contributed by atoms with Crippen LogP contribution in [-0.4, -0.2) is 46.4 Å². The normalized spacial score (nSPS) is 16.5. The second-order valence-corrected chi connectivity index (χ2v) is 8.02. The lowest BCUT2D eigenvalue weighted by atomic mass is 10.2. The first-order valence-electron chi connectivity index (χ1n) is 10.7. The van der Waals surface area contributed by atoms with Crippen molar-refractivity contribution in [1.29, 1.82) is 0 Å². The molecule has 2 aromatic heterocycles. The first kappa shape index (κ1) is 21.2. The zero-order valence-electron chi connectivity index (χ0n) is 17.7. The summed E-state index contributed by atoms with van der Waals surface area (Å²) in [7, 11) is 0. The van der Waals surface area contributed by atoms with Crippen LogP contribution in [0.3, 0.4) is 0 Å². The number of pyridine rings is 1. The van der Waals surface area contributed by atoms with Crippen LogP contribution in [0.15, 0.2) is 66.0 Å². The van der Waals surface area contributed by atoms with E-state index in [1.165, 1.54) is 5.56 Å². The molecule has 162 valence electrons. The molecule has 0 bridgehead atoms. The number of hydrogen-bond acceptors (Lipinski definition) is 4. The highest BCUT2D eigenvalue weighted by molar-refractivity contribution is 6.32. The van der Waals surface area contributed by atoms with E-state index in [-0.39, 0.29) is 6.04 Å². The summed E-state index contributed by atoms with van der Waals surface area (Å²) in [5.74, 6) is 1.67. The van der Waals surface area contributed by atoms with Crippen molar-refractivity contribution >= 4 is 23.4 Å². The quantitative estimate of drug-likeness (QED) is 0.438. The molecule has 1 aliphatic rings. The molecule has 8 heteroatoms. The summed E-state index contributed by atoms with van der Waals surface area (Å²) in [6.45, 7) is 5.98. The van der Waals surface area contributed by atoms with Crippen LogP contribution in [0.2, 0.25) is 5.02 Å². The Balaban J connectivity index is 1.34. The number of anilines is 1. The molecule has 0 amide bonds. The number of nitrogens with one attached hydrogen (secondary N) is 2. The molecule has 31 heavy (non-hydrogen) atoms. The molecule has 3 heterocycles. The second kappa shape index (κ2) is 10.3. The van der Waals surface area contributed by atoms with E-state index in [2.05, 4.69) is 50.9 Å². The van der Waals surface area contributed by atoms with Crippen LogP contribution in [0, 0.1) is 0 Å². The van der Waals surface area contributed by atoms with Crippen LogP contribution in [0.25, 0.3) is 0 Å². The maximum absolute atomic E-state index is 6.31. The molecule has 1 unspecified atom stereocenters. The Morgan fingerprint density at radius 2 is 2.06 bits per heavy atom. The van der Waals surface area contributed by atoms with Gasteiger partial charge in [-0.1, -0.05) is 41.9 Å². The fraction of sp³-hybridized carbons (Fsp3) is 0.348. The van der Waals surface area contributed by atoms with Gasteiger partial charge >= 0.3 is 0 Å². The standard InChI is InChI=1S/C23H28ClN7/c1-2-25-23(29-20-10-12-30(17-20)22-21(24)9-6-11-26-22)27-13-19-14-28-31(16-19)15-18-7-4-3-5-8-18/h3-9,11,14,16,20H,2,10,12-13,15,17H2,1H3,(H2,25,27,29). The molecule has 1 fully saturated rings. The minimum Gasteiger partial charge on any atom is -0.357 e. The minimum atomic E-state index is 0.289. The maximum atomic E-state index is 6.31. The molecule has 0 aliphatic carbocycles. The van der Waals surface area contributed by atoms with Gasteiger partial charge in [-0.15, -0.1) is 0 Å². The zero-order valence-corrected chi connectivity index (χ0v) is 18.5. The van der Waals surface area contributed by atoms with E-state index in [0.29, 0.717) is 11.6 Å². The van der Waals surface area contributed by atoms with E-state index in [1.54, 1.807) is 6.20 Å². The number of guanidine groups is 1. The Bertz CT molecular complexity index is 1000. The maximum Gasteiger partial charge on any atom is 0.191 e. The summed E-state index contributed by atoms with van der Waals surface area (Å²) in [5, 5.41) is 12.1. The van der Waals surface area contributed by atoms with E-state index in [9.17, 15) is 0 Å². The highest BCUT2D eigenvalue weighted by Gasteiger charge is 2.25. The fourth-order valence-electron chi connectivity index (χ4n) is 3.71. The van der Waals surface area contributed by atoms with Gasteiger partial charge in [-0.2, -0.15) is 5.10 Å². The number of aromatic nitrogens is 3. The van der Waals surface area contributed by atoms with Crippen molar-refractivity contribution in [1.82, 2.24) is 25.4 Å². The van der Waals surface area contributed by atoms with E-state index >= 15 is 0 Å². The van der Waals surface area contributed by atoms with Crippen LogP contribution < -0.4 is 15.5 Å². The molecule has 4 rings (SSSR count). The lowest BCUT2D eigenvalue weighted by Gasteiger charge is -2.20. The van der Waals surface area contributed by atoms with Crippen molar-refractivity contribution in [3.8, 4) is 0 Å². The Morgan fingerprint density at radius 3 is 2.87 bits per heavy atom. The van der Waals surface area contributed by atoms with Crippen molar-refractivity contribution in [2.24, 2.45) is 4.99 Å². The lowest BCUT2D eigenvalue weighted by Crippen LogP contribution is -2.44. The third-order valence-corrected chi connectivity index (χ3v) is 5.50. The summed E-state index contributed by atoms with van der Waals surface area (Å²) in [6.07, 6.45) is 6.73. The molecule has 0 saturated carbocycles. The van der Waals surface area contributed by atoms with Gasteiger partial charge in [0.2, 0.25) is 0 Å². The van der Waals surface area contributed by atoms with Crippen LogP contribution >= 0.6 is 11.6 Å². The first-order valence-corrected chi connectivity index (χ1v) is 11.0. The first-order chi connectivity index (χ1) is 15.2. The van der Waals surface area contributed by atoms with Crippen LogP contribution in [0.1, 0.15) is 24.5 Å². The van der Waals surface area contributed by atoms with Crippen molar-refractivity contribution in [2.75, 3.05) is 24.5 Å². The van der Waals surface area contributed by atoms with Gasteiger partial charge in [0.25, 0.3) is 0 Å². The number of benzene rings is 1. The molecule has 1 saturated heterocycles. The SMILES string of the molecule is CCNC(=NCc1cnn(Cc2ccccc2)c1)NC1CCN(c2ncccc2Cl)C1. The summed E-state index contributed by atoms with van der Waals surface area (Å²) in [6, 6.07) is 14.4. The van der Waals surface area contributed by atoms with Crippen LogP contribution in [-0.2, 0) is 13.1 Å². The summed E-state index contributed by atoms with van der Waals surface area (Å²) < 4.78 is 1.95. The number of halogens is 1. The molecular weight excluding hydrogens is 410 g/mol. The van der Waals surface area contributed by atoms with E-state index in [1.807, 2.05) is 41.2 Å². The fourth-order valence-corrected chi connectivity index (χ4v) is 3.95. The van der Waals surface area contributed by atoms with Gasteiger partial charge in [0.05, 0.1) is 24.3 Å². The number of rotatable bonds is 7. The smallest absolute Gasteiger partial charge is 0.191 e. The monoisotopic (exact) mass is 437 g/mol. The largest absolute Gasteiger partial charge is 0.357 e. The van der Waals surface area contributed by atoms with E-state index < -0.39 is 0 Å². The average molecular weight is 438 g/mol. The van der Waals surface area contributed by atoms with Gasteiger partial charge in [-0.3, -0.25) is 4.68 Å². The van der Waals surface area contributed by atoms with Crippen molar-refractivity contribution in [3.63, 3.8) is 0 Å². The third kappa shape index (κ3) is 5.76. The molecule has 7 nitrogen and oxygen atoms in total. The van der Waals surface area contributed by atoms with Crippen molar-refractivity contribution in [3.05, 3.63) is 77.2 Å². The molecule has 0 radical (unpaired) electrons. The molecule has 1 atom stereocenters. The highest BCUT2D eigenvalue weighted by Crippen LogP contribution is 2.25. The molecule has 1 aromatic carbocycles. The second-order valence-electron chi connectivity index (χ2n) is 7.61. The van der Waals surface area contributed by atoms with Gasteiger partial charge in [-0.25, -0.2) is 9.98 Å². The average Bonchev–Trinajstić information content (AvgIpc) is 3.43. The number of hydrogen-bond donors (Lipinski definition) is 2. The van der Waals surface area contributed by atoms with Gasteiger partial charge in [0.15, 0.2) is 5.96 Å². The summed E-state index contributed by atoms with van der Waals surface area (Å²) >= 11 is 6.31. The molecule has 2 N–H and O–H groups in total. The zero-order chi connectivity index (χ0) is 21.5. The van der Waals surface area contributed by atoms with Gasteiger partial charge in [0.1, 0.15) is 5.82 Å². The molecule has 1 aliphatic heterocycles. The van der Waals surface area contributed by atoms with Crippen LogP contribution in [0.4, 0.5) is 5.82 Å². The predicted octanol–water partition coefficient (Wildman–Crippen LogP) is 3.31. The summed E-state index contributed by atoms with van der Waals surface area (Å²) in [5.41, 5.74) is 2.32. The minimum absolute atomic E-state index is 0.289. The van der Waals surface area contributed by atoms with Crippen molar-refractivity contribution in [2.45, 2.75) is 32.5 Å². The highest BCUT2D eigenvalue weighted by atomic mass is 35.5. The van der Waals surface area contributed by atoms with E-state index in [4.69, 9.17) is 16.6 Å². The predicted molar refractivity (Wildman–Crippen MR) is 126 cm³/mol. The lowest BCUT2D eigenvalue weighted by molar-refractivity contribution is 0.648. The molecular formula is C23H28ClN7. The van der Waals surface area contributed by atoms with Gasteiger partial charge in [0, 0.05) is 43.6 Å². The Kier molecular flexibility index (Phi) is 7.04. The van der Waals surface area contributed by atoms with Crippen LogP contribution in [0.5, 0.6) is 0 Å². The summed E-state index contributed by atoms with van der Waals surface area (Å²) in [4.78, 5) is 11.4. The Morgan fingerprint density at radius 1 is 1.19 bits per heavy atom. The number of aliphatic imine (C=N–C) groups is 1. The molecule has 3 aromatic rings. The topological polar surface area (TPSA) is 70.4 Å².